The van der Waals surface area contributed by atoms with Crippen molar-refractivity contribution in [2.45, 2.75) is 59.3 Å². The zero-order valence-electron chi connectivity index (χ0n) is 17.9. The summed E-state index contributed by atoms with van der Waals surface area (Å²) in [7, 11) is 0. The second-order valence-corrected chi connectivity index (χ2v) is 6.77. The number of rotatable bonds is 7. The number of nitrogens with zero attached hydrogens (tertiary/aromatic N) is 1. The Labute approximate surface area is 169 Å². The maximum atomic E-state index is 11.9. The van der Waals surface area contributed by atoms with Gasteiger partial charge in [-0.25, -0.2) is 4.79 Å². The monoisotopic (exact) mass is 389 g/mol. The third-order valence-corrected chi connectivity index (χ3v) is 3.40. The average Bonchev–Trinajstić information content (AvgIpc) is 2.66. The van der Waals surface area contributed by atoms with Crippen molar-refractivity contribution in [1.29, 1.82) is 0 Å². The molecular formula is C22H35N3O3. The first kappa shape index (κ1) is 25.6. The molecule has 1 rings (SSSR count). The number of pyridine rings is 1. The Kier molecular flexibility index (Phi) is 11.7. The van der Waals surface area contributed by atoms with Gasteiger partial charge in [0.25, 0.3) is 0 Å². The van der Waals surface area contributed by atoms with E-state index in [9.17, 15) is 9.90 Å². The van der Waals surface area contributed by atoms with Crippen molar-refractivity contribution in [3.63, 3.8) is 0 Å². The molecule has 0 saturated heterocycles. The quantitative estimate of drug-likeness (QED) is 0.609. The van der Waals surface area contributed by atoms with Crippen LogP contribution in [0.3, 0.4) is 0 Å². The standard InChI is InChI=1S/C20H29N3O3.C2H6/c1-6-8-14(9-7-2)16-11-10-15(13-22-16)18(24)17(12-21)23-19(25)26-20(3,4)5;1-2/h6-11,13,17-18,24H,1,12,21H2,2-5H3,(H,23,25);1-2H3/b9-7-,14-8+;. The van der Waals surface area contributed by atoms with Crippen LogP contribution in [0.4, 0.5) is 4.79 Å². The van der Waals surface area contributed by atoms with E-state index in [0.717, 1.165) is 11.3 Å². The molecule has 0 aliphatic carbocycles. The molecule has 1 aromatic heterocycles. The number of carbonyl (C=O) groups excluding carboxylic acids is 1. The number of nitrogens with two attached hydrogens (primary N) is 1. The number of allylic oxidation sites excluding steroid dienone is 5. The van der Waals surface area contributed by atoms with Gasteiger partial charge in [0.1, 0.15) is 11.7 Å². The van der Waals surface area contributed by atoms with Crippen LogP contribution in [0.5, 0.6) is 0 Å². The molecule has 1 amide bonds. The zero-order chi connectivity index (χ0) is 21.7. The first-order chi connectivity index (χ1) is 13.2. The smallest absolute Gasteiger partial charge is 0.408 e. The van der Waals surface area contributed by atoms with Crippen LogP contribution in [0.25, 0.3) is 5.57 Å². The molecule has 0 fully saturated rings. The van der Waals surface area contributed by atoms with Gasteiger partial charge < -0.3 is 20.9 Å². The van der Waals surface area contributed by atoms with Crippen LogP contribution in [0, 0.1) is 0 Å². The van der Waals surface area contributed by atoms with Gasteiger partial charge in [-0.3, -0.25) is 4.98 Å². The fourth-order valence-electron chi connectivity index (χ4n) is 2.24. The number of aliphatic hydroxyl groups is 1. The highest BCUT2D eigenvalue weighted by molar-refractivity contribution is 5.72. The van der Waals surface area contributed by atoms with E-state index in [1.807, 2.05) is 39.0 Å². The predicted molar refractivity (Wildman–Crippen MR) is 116 cm³/mol. The Balaban J connectivity index is 0.00000352. The van der Waals surface area contributed by atoms with E-state index in [1.165, 1.54) is 0 Å². The van der Waals surface area contributed by atoms with Gasteiger partial charge in [0.2, 0.25) is 0 Å². The summed E-state index contributed by atoms with van der Waals surface area (Å²) >= 11 is 0. The van der Waals surface area contributed by atoms with Crippen LogP contribution in [-0.2, 0) is 4.74 Å². The van der Waals surface area contributed by atoms with Crippen molar-refractivity contribution in [3.8, 4) is 0 Å². The van der Waals surface area contributed by atoms with Crippen molar-refractivity contribution in [1.82, 2.24) is 10.3 Å². The Morgan fingerprint density at radius 1 is 1.39 bits per heavy atom. The summed E-state index contributed by atoms with van der Waals surface area (Å²) in [6.45, 7) is 15.0. The fourth-order valence-corrected chi connectivity index (χ4v) is 2.24. The molecule has 2 atom stereocenters. The zero-order valence-corrected chi connectivity index (χ0v) is 17.9. The highest BCUT2D eigenvalue weighted by Crippen LogP contribution is 2.20. The minimum atomic E-state index is -0.998. The number of alkyl carbamates (subject to hydrolysis) is 1. The van der Waals surface area contributed by atoms with E-state index in [1.54, 1.807) is 45.2 Å². The van der Waals surface area contributed by atoms with E-state index in [4.69, 9.17) is 10.5 Å². The number of amides is 1. The van der Waals surface area contributed by atoms with Crippen molar-refractivity contribution in [3.05, 3.63) is 60.5 Å². The Hall–Kier alpha value is -2.44. The fraction of sp³-hybridized carbons (Fsp3) is 0.455. The highest BCUT2D eigenvalue weighted by atomic mass is 16.6. The predicted octanol–water partition coefficient (Wildman–Crippen LogP) is 4.14. The van der Waals surface area contributed by atoms with Gasteiger partial charge >= 0.3 is 6.09 Å². The van der Waals surface area contributed by atoms with Crippen LogP contribution in [-0.4, -0.2) is 34.4 Å². The van der Waals surface area contributed by atoms with Gasteiger partial charge in [-0.1, -0.05) is 50.8 Å². The number of hydrogen-bond donors (Lipinski definition) is 3. The highest BCUT2D eigenvalue weighted by Gasteiger charge is 2.25. The molecule has 1 aromatic rings. The van der Waals surface area contributed by atoms with Crippen LogP contribution >= 0.6 is 0 Å². The molecule has 0 aliphatic rings. The topological polar surface area (TPSA) is 97.5 Å². The van der Waals surface area contributed by atoms with Gasteiger partial charge in [-0.15, -0.1) is 0 Å². The molecule has 6 nitrogen and oxygen atoms in total. The number of ether oxygens (including phenoxy) is 1. The molecule has 6 heteroatoms. The minimum absolute atomic E-state index is 0.0579. The lowest BCUT2D eigenvalue weighted by Gasteiger charge is -2.26. The molecule has 0 radical (unpaired) electrons. The molecule has 0 aromatic carbocycles. The molecule has 0 spiro atoms. The van der Waals surface area contributed by atoms with E-state index < -0.39 is 23.8 Å². The van der Waals surface area contributed by atoms with Gasteiger partial charge in [-0.05, 0) is 39.3 Å². The summed E-state index contributed by atoms with van der Waals surface area (Å²) in [5.74, 6) is 0. The number of aromatic nitrogens is 1. The van der Waals surface area contributed by atoms with Gasteiger partial charge in [0.15, 0.2) is 0 Å². The van der Waals surface area contributed by atoms with Gasteiger partial charge in [0.05, 0.1) is 11.7 Å². The first-order valence-corrected chi connectivity index (χ1v) is 9.51. The molecule has 28 heavy (non-hydrogen) atoms. The number of aliphatic hydroxyl groups excluding tert-OH is 1. The second kappa shape index (κ2) is 12.9. The number of nitrogens with one attached hydrogen (secondary N) is 1. The Morgan fingerprint density at radius 3 is 2.46 bits per heavy atom. The van der Waals surface area contributed by atoms with Crippen LogP contribution in [0.2, 0.25) is 0 Å². The summed E-state index contributed by atoms with van der Waals surface area (Å²) in [6.07, 6.45) is 7.32. The van der Waals surface area contributed by atoms with E-state index in [0.29, 0.717) is 5.56 Å². The lowest BCUT2D eigenvalue weighted by molar-refractivity contribution is 0.0427. The maximum absolute atomic E-state index is 11.9. The molecule has 1 heterocycles. The van der Waals surface area contributed by atoms with Crippen molar-refractivity contribution in [2.24, 2.45) is 5.73 Å². The summed E-state index contributed by atoms with van der Waals surface area (Å²) in [6, 6.07) is 2.87. The number of carbonyl (C=O) groups is 1. The third-order valence-electron chi connectivity index (χ3n) is 3.40. The Morgan fingerprint density at radius 2 is 2.04 bits per heavy atom. The lowest BCUT2D eigenvalue weighted by Crippen LogP contribution is -2.46. The minimum Gasteiger partial charge on any atom is -0.444 e. The van der Waals surface area contributed by atoms with Crippen LogP contribution in [0.1, 0.15) is 58.9 Å². The Bertz CT molecular complexity index is 659. The molecule has 4 N–H and O–H groups in total. The molecule has 0 aliphatic heterocycles. The van der Waals surface area contributed by atoms with Crippen LogP contribution < -0.4 is 11.1 Å². The van der Waals surface area contributed by atoms with E-state index >= 15 is 0 Å². The summed E-state index contributed by atoms with van der Waals surface area (Å²) in [5.41, 5.74) is 7.29. The normalized spacial score (nSPS) is 13.9. The van der Waals surface area contributed by atoms with Gasteiger partial charge in [0, 0.05) is 18.3 Å². The molecule has 0 bridgehead atoms. The molecule has 0 saturated carbocycles. The summed E-state index contributed by atoms with van der Waals surface area (Å²) in [5, 5.41) is 13.1. The molecule has 156 valence electrons. The second-order valence-electron chi connectivity index (χ2n) is 6.77. The van der Waals surface area contributed by atoms with E-state index in [2.05, 4.69) is 16.9 Å². The lowest BCUT2D eigenvalue weighted by atomic mass is 10.0. The number of hydrogen-bond acceptors (Lipinski definition) is 5. The maximum Gasteiger partial charge on any atom is 0.408 e. The molecule has 2 unspecified atom stereocenters. The third kappa shape index (κ3) is 8.97. The summed E-state index contributed by atoms with van der Waals surface area (Å²) in [4.78, 5) is 16.3. The van der Waals surface area contributed by atoms with Crippen LogP contribution in [0.15, 0.2) is 49.2 Å². The van der Waals surface area contributed by atoms with E-state index in [-0.39, 0.29) is 6.54 Å². The van der Waals surface area contributed by atoms with Crippen molar-refractivity contribution >= 4 is 11.7 Å². The average molecular weight is 390 g/mol. The molecular weight excluding hydrogens is 354 g/mol. The van der Waals surface area contributed by atoms with Crippen molar-refractivity contribution in [2.75, 3.05) is 6.54 Å². The summed E-state index contributed by atoms with van der Waals surface area (Å²) < 4.78 is 5.20. The largest absolute Gasteiger partial charge is 0.444 e. The SMILES string of the molecule is C=C/C=C(\C=C/C)c1ccc(C(O)C(CN)NC(=O)OC(C)(C)C)cn1.CC. The first-order valence-electron chi connectivity index (χ1n) is 9.51. The van der Waals surface area contributed by atoms with Gasteiger partial charge in [-0.2, -0.15) is 0 Å². The van der Waals surface area contributed by atoms with Crippen molar-refractivity contribution < 1.29 is 14.6 Å².